The molecule has 150 valence electrons. The van der Waals surface area contributed by atoms with Crippen molar-refractivity contribution in [2.24, 2.45) is 0 Å². The molecule has 0 aliphatic carbocycles. The summed E-state index contributed by atoms with van der Waals surface area (Å²) in [4.78, 5) is 49.3. The summed E-state index contributed by atoms with van der Waals surface area (Å²) in [6.45, 7) is 1.09. The molecular weight excluding hydrogens is 398 g/mol. The standard InChI is InChI=1S/C20H18ClN3O5/c1-2-20(14-6-4-3-5-7-14)18(27)24(19(28)22-20)23-16(25)12-29-17(26)13-8-10-15(21)11-9-13/h3-11H,2,12H2,1H3,(H,22,28)(H,23,25)/t20-/m0/s1. The zero-order valence-corrected chi connectivity index (χ0v) is 16.2. The van der Waals surface area contributed by atoms with Gasteiger partial charge in [0.05, 0.1) is 5.56 Å². The van der Waals surface area contributed by atoms with Crippen LogP contribution in [0.3, 0.4) is 0 Å². The number of amides is 4. The topological polar surface area (TPSA) is 105 Å². The lowest BCUT2D eigenvalue weighted by atomic mass is 9.87. The zero-order chi connectivity index (χ0) is 21.0. The van der Waals surface area contributed by atoms with Crippen molar-refractivity contribution in [2.45, 2.75) is 18.9 Å². The molecule has 8 nitrogen and oxygen atoms in total. The van der Waals surface area contributed by atoms with Crippen molar-refractivity contribution >= 4 is 35.4 Å². The number of urea groups is 1. The molecule has 29 heavy (non-hydrogen) atoms. The van der Waals surface area contributed by atoms with Gasteiger partial charge in [0, 0.05) is 5.02 Å². The number of carbonyl (C=O) groups is 4. The summed E-state index contributed by atoms with van der Waals surface area (Å²) in [5, 5.41) is 3.70. The second kappa shape index (κ2) is 8.32. The highest BCUT2D eigenvalue weighted by atomic mass is 35.5. The molecule has 2 aromatic carbocycles. The van der Waals surface area contributed by atoms with Gasteiger partial charge in [-0.05, 0) is 36.2 Å². The number of hydrazine groups is 1. The summed E-state index contributed by atoms with van der Waals surface area (Å²) < 4.78 is 4.91. The van der Waals surface area contributed by atoms with E-state index in [9.17, 15) is 19.2 Å². The van der Waals surface area contributed by atoms with Crippen molar-refractivity contribution in [1.29, 1.82) is 0 Å². The number of benzene rings is 2. The van der Waals surface area contributed by atoms with Crippen LogP contribution in [0.25, 0.3) is 0 Å². The molecule has 1 saturated heterocycles. The zero-order valence-electron chi connectivity index (χ0n) is 15.5. The van der Waals surface area contributed by atoms with Crippen molar-refractivity contribution in [3.05, 3.63) is 70.7 Å². The number of rotatable bonds is 6. The molecule has 0 bridgehead atoms. The van der Waals surface area contributed by atoms with Gasteiger partial charge in [-0.25, -0.2) is 9.59 Å². The highest BCUT2D eigenvalue weighted by Gasteiger charge is 2.52. The lowest BCUT2D eigenvalue weighted by Crippen LogP contribution is -2.49. The SMILES string of the molecule is CC[C@@]1(c2ccccc2)NC(=O)N(NC(=O)COC(=O)c2ccc(Cl)cc2)C1=O. The van der Waals surface area contributed by atoms with E-state index in [1.807, 2.05) is 0 Å². The summed E-state index contributed by atoms with van der Waals surface area (Å²) in [6.07, 6.45) is 0.291. The number of imide groups is 1. The monoisotopic (exact) mass is 415 g/mol. The van der Waals surface area contributed by atoms with Crippen LogP contribution in [0.2, 0.25) is 5.02 Å². The summed E-state index contributed by atoms with van der Waals surface area (Å²) in [7, 11) is 0. The minimum Gasteiger partial charge on any atom is -0.452 e. The molecule has 1 fully saturated rings. The Hall–Kier alpha value is -3.39. The third-order valence-corrected chi connectivity index (χ3v) is 4.79. The molecule has 2 N–H and O–H groups in total. The van der Waals surface area contributed by atoms with Crippen LogP contribution in [-0.4, -0.2) is 35.4 Å². The Morgan fingerprint density at radius 3 is 2.38 bits per heavy atom. The third-order valence-electron chi connectivity index (χ3n) is 4.54. The van der Waals surface area contributed by atoms with E-state index in [1.54, 1.807) is 37.3 Å². The molecule has 0 radical (unpaired) electrons. The fourth-order valence-corrected chi connectivity index (χ4v) is 3.12. The lowest BCUT2D eigenvalue weighted by molar-refractivity contribution is -0.140. The predicted molar refractivity (Wildman–Crippen MR) is 104 cm³/mol. The van der Waals surface area contributed by atoms with Crippen LogP contribution >= 0.6 is 11.6 Å². The van der Waals surface area contributed by atoms with Gasteiger partial charge >= 0.3 is 12.0 Å². The Morgan fingerprint density at radius 2 is 1.76 bits per heavy atom. The smallest absolute Gasteiger partial charge is 0.344 e. The number of hydrogen-bond donors (Lipinski definition) is 2. The summed E-state index contributed by atoms with van der Waals surface area (Å²) in [5.74, 6) is -2.18. The number of hydrogen-bond acceptors (Lipinski definition) is 5. The van der Waals surface area contributed by atoms with Crippen molar-refractivity contribution in [1.82, 2.24) is 15.8 Å². The first-order chi connectivity index (χ1) is 13.9. The highest BCUT2D eigenvalue weighted by molar-refractivity contribution is 6.30. The minimum atomic E-state index is -1.27. The number of nitrogens with one attached hydrogen (secondary N) is 2. The Balaban J connectivity index is 1.64. The molecular formula is C20H18ClN3O5. The first-order valence-electron chi connectivity index (χ1n) is 8.82. The van der Waals surface area contributed by atoms with E-state index in [0.29, 0.717) is 22.0 Å². The van der Waals surface area contributed by atoms with Crippen molar-refractivity contribution < 1.29 is 23.9 Å². The number of carbonyl (C=O) groups excluding carboxylic acids is 4. The Bertz CT molecular complexity index is 948. The molecule has 1 aliphatic heterocycles. The van der Waals surface area contributed by atoms with Crippen LogP contribution in [0, 0.1) is 0 Å². The van der Waals surface area contributed by atoms with Crippen LogP contribution in [0.1, 0.15) is 29.3 Å². The largest absolute Gasteiger partial charge is 0.452 e. The van der Waals surface area contributed by atoms with Crippen LogP contribution in [-0.2, 0) is 19.9 Å². The first kappa shape index (κ1) is 20.3. The summed E-state index contributed by atoms with van der Waals surface area (Å²) >= 11 is 5.75. The molecule has 0 aromatic heterocycles. The Morgan fingerprint density at radius 1 is 1.10 bits per heavy atom. The van der Waals surface area contributed by atoms with E-state index in [1.165, 1.54) is 24.3 Å². The number of ether oxygens (including phenoxy) is 1. The molecule has 0 unspecified atom stereocenters. The Kier molecular flexibility index (Phi) is 5.84. The van der Waals surface area contributed by atoms with Gasteiger partial charge in [-0.3, -0.25) is 15.0 Å². The average Bonchev–Trinajstić information content (AvgIpc) is 2.98. The maximum atomic E-state index is 12.9. The van der Waals surface area contributed by atoms with Gasteiger partial charge in [0.15, 0.2) is 6.61 Å². The molecule has 0 saturated carbocycles. The van der Waals surface area contributed by atoms with Crippen LogP contribution in [0.15, 0.2) is 54.6 Å². The van der Waals surface area contributed by atoms with E-state index in [0.717, 1.165) is 0 Å². The van der Waals surface area contributed by atoms with Crippen molar-refractivity contribution in [2.75, 3.05) is 6.61 Å². The summed E-state index contributed by atoms with van der Waals surface area (Å²) in [5.41, 5.74) is 1.73. The second-order valence-corrected chi connectivity index (χ2v) is 6.75. The molecule has 9 heteroatoms. The van der Waals surface area contributed by atoms with Crippen LogP contribution in [0.4, 0.5) is 4.79 Å². The van der Waals surface area contributed by atoms with Gasteiger partial charge in [-0.1, -0.05) is 48.9 Å². The van der Waals surface area contributed by atoms with Crippen LogP contribution < -0.4 is 10.7 Å². The average molecular weight is 416 g/mol. The second-order valence-electron chi connectivity index (χ2n) is 6.31. The molecule has 1 atom stereocenters. The van der Waals surface area contributed by atoms with Gasteiger partial charge in [0.25, 0.3) is 11.8 Å². The molecule has 1 heterocycles. The first-order valence-corrected chi connectivity index (χ1v) is 9.19. The fraction of sp³-hybridized carbons (Fsp3) is 0.200. The van der Waals surface area contributed by atoms with E-state index < -0.39 is 36.0 Å². The van der Waals surface area contributed by atoms with E-state index in [-0.39, 0.29) is 5.56 Å². The predicted octanol–water partition coefficient (Wildman–Crippen LogP) is 2.39. The normalized spacial score (nSPS) is 18.3. The minimum absolute atomic E-state index is 0.214. The number of halogens is 1. The quantitative estimate of drug-likeness (QED) is 0.556. The van der Waals surface area contributed by atoms with E-state index in [4.69, 9.17) is 16.3 Å². The molecule has 1 aliphatic rings. The maximum absolute atomic E-state index is 12.9. The van der Waals surface area contributed by atoms with Crippen molar-refractivity contribution in [3.8, 4) is 0 Å². The van der Waals surface area contributed by atoms with Crippen LogP contribution in [0.5, 0.6) is 0 Å². The third kappa shape index (κ3) is 4.07. The highest BCUT2D eigenvalue weighted by Crippen LogP contribution is 2.31. The molecule has 3 rings (SSSR count). The van der Waals surface area contributed by atoms with E-state index in [2.05, 4.69) is 10.7 Å². The van der Waals surface area contributed by atoms with Gasteiger partial charge < -0.3 is 10.1 Å². The molecule has 4 amide bonds. The lowest BCUT2D eigenvalue weighted by Gasteiger charge is -2.25. The maximum Gasteiger partial charge on any atom is 0.344 e. The van der Waals surface area contributed by atoms with Gasteiger partial charge in [-0.15, -0.1) is 0 Å². The van der Waals surface area contributed by atoms with Gasteiger partial charge in [0.2, 0.25) is 0 Å². The number of nitrogens with zero attached hydrogens (tertiary/aromatic N) is 1. The molecule has 0 spiro atoms. The van der Waals surface area contributed by atoms with E-state index >= 15 is 0 Å². The number of esters is 1. The van der Waals surface area contributed by atoms with Crippen molar-refractivity contribution in [3.63, 3.8) is 0 Å². The summed E-state index contributed by atoms with van der Waals surface area (Å²) in [6, 6.07) is 13.9. The Labute approximate surface area is 171 Å². The van der Waals surface area contributed by atoms with Gasteiger partial charge in [-0.2, -0.15) is 5.01 Å². The van der Waals surface area contributed by atoms with Gasteiger partial charge in [0.1, 0.15) is 5.54 Å². The molecule has 2 aromatic rings. The fourth-order valence-electron chi connectivity index (χ4n) is 3.00.